The van der Waals surface area contributed by atoms with Gasteiger partial charge in [0.15, 0.2) is 0 Å². The predicted molar refractivity (Wildman–Crippen MR) is 86.8 cm³/mol. The SMILES string of the molecule is CN(C)CCN(Cc1ccccn1)S(=O)(=O)c1cccc(F)c1. The van der Waals surface area contributed by atoms with E-state index in [-0.39, 0.29) is 11.4 Å². The molecule has 23 heavy (non-hydrogen) atoms. The molecule has 7 heteroatoms. The Hall–Kier alpha value is -1.83. The quantitative estimate of drug-likeness (QED) is 0.775. The van der Waals surface area contributed by atoms with Gasteiger partial charge < -0.3 is 4.90 Å². The molecule has 0 unspecified atom stereocenters. The number of hydrogen-bond donors (Lipinski definition) is 0. The first-order valence-corrected chi connectivity index (χ1v) is 8.64. The predicted octanol–water partition coefficient (Wildman–Crippen LogP) is 1.97. The highest BCUT2D eigenvalue weighted by molar-refractivity contribution is 7.89. The highest BCUT2D eigenvalue weighted by Gasteiger charge is 2.25. The van der Waals surface area contributed by atoms with Gasteiger partial charge in [-0.05, 0) is 44.4 Å². The number of benzene rings is 1. The van der Waals surface area contributed by atoms with Gasteiger partial charge >= 0.3 is 0 Å². The summed E-state index contributed by atoms with van der Waals surface area (Å²) >= 11 is 0. The number of hydrogen-bond acceptors (Lipinski definition) is 4. The first-order valence-electron chi connectivity index (χ1n) is 7.20. The maximum absolute atomic E-state index is 13.4. The van der Waals surface area contributed by atoms with Gasteiger partial charge in [0.2, 0.25) is 10.0 Å². The maximum atomic E-state index is 13.4. The van der Waals surface area contributed by atoms with Crippen molar-refractivity contribution in [2.24, 2.45) is 0 Å². The topological polar surface area (TPSA) is 53.5 Å². The number of rotatable bonds is 7. The Morgan fingerprint density at radius 3 is 2.48 bits per heavy atom. The maximum Gasteiger partial charge on any atom is 0.243 e. The number of halogens is 1. The smallest absolute Gasteiger partial charge is 0.243 e. The summed E-state index contributed by atoms with van der Waals surface area (Å²) in [5, 5.41) is 0. The Bertz CT molecular complexity index is 736. The molecule has 0 spiro atoms. The van der Waals surface area contributed by atoms with Gasteiger partial charge in [0, 0.05) is 19.3 Å². The Balaban J connectivity index is 2.31. The Morgan fingerprint density at radius 2 is 1.87 bits per heavy atom. The summed E-state index contributed by atoms with van der Waals surface area (Å²) in [5.74, 6) is -0.573. The third kappa shape index (κ3) is 4.82. The molecule has 0 N–H and O–H groups in total. The molecule has 2 rings (SSSR count). The van der Waals surface area contributed by atoms with Crippen LogP contribution in [-0.2, 0) is 16.6 Å². The fraction of sp³-hybridized carbons (Fsp3) is 0.312. The molecule has 0 aliphatic heterocycles. The lowest BCUT2D eigenvalue weighted by molar-refractivity contribution is 0.327. The van der Waals surface area contributed by atoms with Crippen LogP contribution >= 0.6 is 0 Å². The molecule has 0 saturated carbocycles. The summed E-state index contributed by atoms with van der Waals surface area (Å²) in [4.78, 5) is 6.02. The van der Waals surface area contributed by atoms with Crippen molar-refractivity contribution in [2.45, 2.75) is 11.4 Å². The molecule has 0 aliphatic carbocycles. The van der Waals surface area contributed by atoms with Gasteiger partial charge in [-0.1, -0.05) is 12.1 Å². The Labute approximate surface area is 136 Å². The Morgan fingerprint density at radius 1 is 1.09 bits per heavy atom. The average Bonchev–Trinajstić information content (AvgIpc) is 2.52. The first-order chi connectivity index (χ1) is 10.9. The van der Waals surface area contributed by atoms with Gasteiger partial charge in [-0.15, -0.1) is 0 Å². The number of nitrogens with zero attached hydrogens (tertiary/aromatic N) is 3. The molecule has 0 radical (unpaired) electrons. The summed E-state index contributed by atoms with van der Waals surface area (Å²) in [7, 11) is -0.0532. The lowest BCUT2D eigenvalue weighted by Crippen LogP contribution is -2.36. The van der Waals surface area contributed by atoms with Gasteiger partial charge in [0.25, 0.3) is 0 Å². The number of sulfonamides is 1. The Kier molecular flexibility index (Phi) is 5.81. The minimum atomic E-state index is -3.79. The molecule has 1 heterocycles. The van der Waals surface area contributed by atoms with Crippen LogP contribution in [0.2, 0.25) is 0 Å². The van der Waals surface area contributed by atoms with Crippen LogP contribution in [0.4, 0.5) is 4.39 Å². The highest BCUT2D eigenvalue weighted by atomic mass is 32.2. The van der Waals surface area contributed by atoms with Crippen molar-refractivity contribution in [3.8, 4) is 0 Å². The van der Waals surface area contributed by atoms with E-state index in [0.29, 0.717) is 18.8 Å². The molecule has 0 fully saturated rings. The fourth-order valence-electron chi connectivity index (χ4n) is 2.04. The summed E-state index contributed by atoms with van der Waals surface area (Å²) in [6.45, 7) is 0.997. The van der Waals surface area contributed by atoms with Crippen LogP contribution in [0, 0.1) is 5.82 Å². The van der Waals surface area contributed by atoms with Gasteiger partial charge in [-0.3, -0.25) is 4.98 Å². The number of pyridine rings is 1. The molecule has 0 bridgehead atoms. The number of aromatic nitrogens is 1. The van der Waals surface area contributed by atoms with E-state index in [1.807, 2.05) is 19.0 Å². The van der Waals surface area contributed by atoms with Crippen molar-refractivity contribution in [2.75, 3.05) is 27.2 Å². The largest absolute Gasteiger partial charge is 0.308 e. The standard InChI is InChI=1S/C16H20FN3O2S/c1-19(2)10-11-20(13-15-7-3-4-9-18-15)23(21,22)16-8-5-6-14(17)12-16/h3-9,12H,10-11,13H2,1-2H3. The van der Waals surface area contributed by atoms with E-state index < -0.39 is 15.8 Å². The van der Waals surface area contributed by atoms with Crippen molar-refractivity contribution in [1.29, 1.82) is 0 Å². The van der Waals surface area contributed by atoms with Gasteiger partial charge in [-0.2, -0.15) is 4.31 Å². The van der Waals surface area contributed by atoms with E-state index in [1.54, 1.807) is 24.4 Å². The molecule has 0 atom stereocenters. The lowest BCUT2D eigenvalue weighted by Gasteiger charge is -2.23. The molecule has 0 amide bonds. The van der Waals surface area contributed by atoms with Gasteiger partial charge in [0.05, 0.1) is 17.1 Å². The second-order valence-corrected chi connectivity index (χ2v) is 7.36. The van der Waals surface area contributed by atoms with Crippen molar-refractivity contribution < 1.29 is 12.8 Å². The molecule has 0 aliphatic rings. The van der Waals surface area contributed by atoms with Crippen molar-refractivity contribution in [3.05, 3.63) is 60.2 Å². The van der Waals surface area contributed by atoms with Crippen LogP contribution in [0.15, 0.2) is 53.6 Å². The number of likely N-dealkylation sites (N-methyl/N-ethyl adjacent to an activating group) is 1. The van der Waals surface area contributed by atoms with E-state index in [2.05, 4.69) is 4.98 Å². The van der Waals surface area contributed by atoms with Crippen LogP contribution in [0.5, 0.6) is 0 Å². The summed E-state index contributed by atoms with van der Waals surface area (Å²) in [6.07, 6.45) is 1.62. The van der Waals surface area contributed by atoms with E-state index in [4.69, 9.17) is 0 Å². The van der Waals surface area contributed by atoms with Crippen LogP contribution in [0.25, 0.3) is 0 Å². The minimum absolute atomic E-state index is 0.0489. The normalized spacial score (nSPS) is 12.0. The lowest BCUT2D eigenvalue weighted by atomic mass is 10.3. The molecule has 5 nitrogen and oxygen atoms in total. The van der Waals surface area contributed by atoms with Crippen LogP contribution in [0.3, 0.4) is 0 Å². The zero-order valence-electron chi connectivity index (χ0n) is 13.2. The van der Waals surface area contributed by atoms with Crippen LogP contribution < -0.4 is 0 Å². The zero-order valence-corrected chi connectivity index (χ0v) is 14.0. The molecular formula is C16H20FN3O2S. The van der Waals surface area contributed by atoms with E-state index in [0.717, 1.165) is 6.07 Å². The van der Waals surface area contributed by atoms with E-state index >= 15 is 0 Å². The first kappa shape index (κ1) is 17.5. The molecular weight excluding hydrogens is 317 g/mol. The molecule has 1 aromatic carbocycles. The molecule has 0 saturated heterocycles. The molecule has 2 aromatic rings. The summed E-state index contributed by atoms with van der Waals surface area (Å²) in [5.41, 5.74) is 0.645. The minimum Gasteiger partial charge on any atom is -0.308 e. The monoisotopic (exact) mass is 337 g/mol. The van der Waals surface area contributed by atoms with Crippen LogP contribution in [0.1, 0.15) is 5.69 Å². The van der Waals surface area contributed by atoms with Crippen LogP contribution in [-0.4, -0.2) is 49.8 Å². The fourth-order valence-corrected chi connectivity index (χ4v) is 3.48. The summed E-state index contributed by atoms with van der Waals surface area (Å²) < 4.78 is 40.4. The van der Waals surface area contributed by atoms with Gasteiger partial charge in [0.1, 0.15) is 5.82 Å². The van der Waals surface area contributed by atoms with Crippen molar-refractivity contribution in [3.63, 3.8) is 0 Å². The van der Waals surface area contributed by atoms with E-state index in [1.165, 1.54) is 22.5 Å². The van der Waals surface area contributed by atoms with Gasteiger partial charge in [-0.25, -0.2) is 12.8 Å². The highest BCUT2D eigenvalue weighted by Crippen LogP contribution is 2.18. The zero-order chi connectivity index (χ0) is 16.9. The summed E-state index contributed by atoms with van der Waals surface area (Å²) in [6, 6.07) is 10.4. The second kappa shape index (κ2) is 7.63. The van der Waals surface area contributed by atoms with E-state index in [9.17, 15) is 12.8 Å². The average molecular weight is 337 g/mol. The molecule has 1 aromatic heterocycles. The molecule has 124 valence electrons. The second-order valence-electron chi connectivity index (χ2n) is 5.42. The third-order valence-electron chi connectivity index (χ3n) is 3.29. The third-order valence-corrected chi connectivity index (χ3v) is 5.14. The van der Waals surface area contributed by atoms with Crippen molar-refractivity contribution >= 4 is 10.0 Å². The van der Waals surface area contributed by atoms with Crippen molar-refractivity contribution in [1.82, 2.24) is 14.2 Å².